The van der Waals surface area contributed by atoms with Crippen molar-refractivity contribution < 1.29 is 27.9 Å². The van der Waals surface area contributed by atoms with Crippen LogP contribution in [0, 0.1) is 0 Å². The van der Waals surface area contributed by atoms with Crippen LogP contribution >= 0.6 is 15.9 Å². The van der Waals surface area contributed by atoms with Gasteiger partial charge >= 0.3 is 18.2 Å². The number of alkyl halides is 3. The van der Waals surface area contributed by atoms with Crippen molar-refractivity contribution in [3.05, 3.63) is 58.1 Å². The molecule has 0 bridgehead atoms. The van der Waals surface area contributed by atoms with E-state index in [2.05, 4.69) is 26.6 Å². The van der Waals surface area contributed by atoms with Gasteiger partial charge in [-0.05, 0) is 36.4 Å². The molecule has 0 spiro atoms. The Hall–Kier alpha value is -2.55. The maximum absolute atomic E-state index is 12.6. The van der Waals surface area contributed by atoms with E-state index in [1.165, 1.54) is 24.3 Å². The molecule has 0 saturated carbocycles. The zero-order chi connectivity index (χ0) is 17.9. The van der Waals surface area contributed by atoms with Crippen molar-refractivity contribution >= 4 is 39.3 Å². The molecule has 0 atom stereocenters. The lowest BCUT2D eigenvalue weighted by atomic mass is 10.2. The van der Waals surface area contributed by atoms with Gasteiger partial charge in [0.2, 0.25) is 0 Å². The summed E-state index contributed by atoms with van der Waals surface area (Å²) in [6.45, 7) is 0. The Morgan fingerprint density at radius 3 is 2.38 bits per heavy atom. The topological polar surface area (TPSA) is 78.4 Å². The van der Waals surface area contributed by atoms with Gasteiger partial charge in [-0.25, -0.2) is 9.59 Å². The number of carbonyl (C=O) groups is 2. The SMILES string of the molecule is O=C(Nc1cccc(C(F)(F)F)c1)Nc1ccc(Br)cc1C(=O)O. The Balaban J connectivity index is 2.16. The predicted molar refractivity (Wildman–Crippen MR) is 85.2 cm³/mol. The van der Waals surface area contributed by atoms with E-state index in [4.69, 9.17) is 5.11 Å². The second-order valence-electron chi connectivity index (χ2n) is 4.65. The van der Waals surface area contributed by atoms with Crippen molar-refractivity contribution in [1.29, 1.82) is 0 Å². The molecule has 2 aromatic carbocycles. The van der Waals surface area contributed by atoms with Gasteiger partial charge in [0.05, 0.1) is 16.8 Å². The Morgan fingerprint density at radius 1 is 1.04 bits per heavy atom. The average molecular weight is 403 g/mol. The largest absolute Gasteiger partial charge is 0.478 e. The van der Waals surface area contributed by atoms with Crippen molar-refractivity contribution in [2.24, 2.45) is 0 Å². The zero-order valence-electron chi connectivity index (χ0n) is 11.8. The molecule has 0 radical (unpaired) electrons. The second-order valence-corrected chi connectivity index (χ2v) is 5.57. The molecule has 2 aromatic rings. The molecule has 0 saturated heterocycles. The summed E-state index contributed by atoms with van der Waals surface area (Å²) in [5.74, 6) is -1.26. The highest BCUT2D eigenvalue weighted by Gasteiger charge is 2.30. The maximum Gasteiger partial charge on any atom is 0.416 e. The lowest BCUT2D eigenvalue weighted by Crippen LogP contribution is -2.21. The summed E-state index contributed by atoms with van der Waals surface area (Å²) in [5, 5.41) is 13.6. The summed E-state index contributed by atoms with van der Waals surface area (Å²) in [4.78, 5) is 23.0. The number of aromatic carboxylic acids is 1. The van der Waals surface area contributed by atoms with E-state index in [0.29, 0.717) is 4.47 Å². The first-order valence-electron chi connectivity index (χ1n) is 6.45. The summed E-state index contributed by atoms with van der Waals surface area (Å²) in [6.07, 6.45) is -4.53. The summed E-state index contributed by atoms with van der Waals surface area (Å²) in [5.41, 5.74) is -1.13. The zero-order valence-corrected chi connectivity index (χ0v) is 13.4. The van der Waals surface area contributed by atoms with Gasteiger partial charge < -0.3 is 15.7 Å². The summed E-state index contributed by atoms with van der Waals surface area (Å²) in [6, 6.07) is 7.40. The Labute approximate surface area is 142 Å². The van der Waals surface area contributed by atoms with Gasteiger partial charge in [-0.3, -0.25) is 0 Å². The van der Waals surface area contributed by atoms with Crippen LogP contribution in [0.15, 0.2) is 46.9 Å². The van der Waals surface area contributed by atoms with Gasteiger partial charge in [-0.2, -0.15) is 13.2 Å². The molecule has 0 aliphatic rings. The summed E-state index contributed by atoms with van der Waals surface area (Å²) in [7, 11) is 0. The average Bonchev–Trinajstić information content (AvgIpc) is 2.48. The number of nitrogens with one attached hydrogen (secondary N) is 2. The Kier molecular flexibility index (Phi) is 5.13. The van der Waals surface area contributed by atoms with Crippen LogP contribution in [0.25, 0.3) is 0 Å². The molecule has 0 fully saturated rings. The first-order chi connectivity index (χ1) is 11.2. The normalized spacial score (nSPS) is 11.0. The fraction of sp³-hybridized carbons (Fsp3) is 0.0667. The number of carbonyl (C=O) groups excluding carboxylic acids is 1. The first-order valence-corrected chi connectivity index (χ1v) is 7.24. The number of anilines is 2. The van der Waals surface area contributed by atoms with Crippen LogP contribution in [-0.2, 0) is 6.18 Å². The molecule has 2 amide bonds. The van der Waals surface area contributed by atoms with Crippen molar-refractivity contribution in [3.8, 4) is 0 Å². The lowest BCUT2D eigenvalue weighted by molar-refractivity contribution is -0.137. The van der Waals surface area contributed by atoms with E-state index in [9.17, 15) is 22.8 Å². The minimum absolute atomic E-state index is 0.00942. The number of urea groups is 1. The third-order valence-electron chi connectivity index (χ3n) is 2.91. The van der Waals surface area contributed by atoms with Gasteiger partial charge in [0, 0.05) is 10.2 Å². The molecule has 9 heteroatoms. The number of benzene rings is 2. The lowest BCUT2D eigenvalue weighted by Gasteiger charge is -2.12. The van der Waals surface area contributed by atoms with Crippen molar-refractivity contribution in [3.63, 3.8) is 0 Å². The summed E-state index contributed by atoms with van der Waals surface area (Å²) >= 11 is 3.11. The molecular formula is C15H10BrF3N2O3. The van der Waals surface area contributed by atoms with Gasteiger partial charge in [0.25, 0.3) is 0 Å². The van der Waals surface area contributed by atoms with E-state index >= 15 is 0 Å². The highest BCUT2D eigenvalue weighted by Crippen LogP contribution is 2.30. The van der Waals surface area contributed by atoms with E-state index in [0.717, 1.165) is 18.2 Å². The molecule has 0 heterocycles. The minimum Gasteiger partial charge on any atom is -0.478 e. The first kappa shape index (κ1) is 17.8. The molecule has 0 aliphatic carbocycles. The van der Waals surface area contributed by atoms with Crippen LogP contribution in [0.5, 0.6) is 0 Å². The molecule has 24 heavy (non-hydrogen) atoms. The molecule has 5 nitrogen and oxygen atoms in total. The van der Waals surface area contributed by atoms with Crippen LogP contribution in [0.3, 0.4) is 0 Å². The molecule has 2 rings (SSSR count). The Morgan fingerprint density at radius 2 is 1.75 bits per heavy atom. The van der Waals surface area contributed by atoms with Crippen LogP contribution in [0.4, 0.5) is 29.3 Å². The molecule has 0 aliphatic heterocycles. The highest BCUT2D eigenvalue weighted by atomic mass is 79.9. The minimum atomic E-state index is -4.53. The van der Waals surface area contributed by atoms with Gasteiger partial charge in [-0.15, -0.1) is 0 Å². The number of halogens is 4. The standard InChI is InChI=1S/C15H10BrF3N2O3/c16-9-4-5-12(11(7-9)13(22)23)21-14(24)20-10-3-1-2-8(6-10)15(17,18)19/h1-7H,(H,22,23)(H2,20,21,24). The third kappa shape index (κ3) is 4.48. The fourth-order valence-electron chi connectivity index (χ4n) is 1.86. The number of amides is 2. The van der Waals surface area contributed by atoms with Crippen LogP contribution < -0.4 is 10.6 Å². The van der Waals surface area contributed by atoms with E-state index in [1.54, 1.807) is 0 Å². The quantitative estimate of drug-likeness (QED) is 0.689. The maximum atomic E-state index is 12.6. The number of carboxylic acids is 1. The van der Waals surface area contributed by atoms with Crippen molar-refractivity contribution in [1.82, 2.24) is 0 Å². The summed E-state index contributed by atoms with van der Waals surface area (Å²) < 4.78 is 38.4. The van der Waals surface area contributed by atoms with Crippen LogP contribution in [0.2, 0.25) is 0 Å². The molecular weight excluding hydrogens is 393 g/mol. The molecule has 0 unspecified atom stereocenters. The monoisotopic (exact) mass is 402 g/mol. The van der Waals surface area contributed by atoms with E-state index in [-0.39, 0.29) is 16.9 Å². The van der Waals surface area contributed by atoms with E-state index in [1.807, 2.05) is 0 Å². The molecule has 3 N–H and O–H groups in total. The van der Waals surface area contributed by atoms with Gasteiger partial charge in [-0.1, -0.05) is 22.0 Å². The third-order valence-corrected chi connectivity index (χ3v) is 3.40. The van der Waals surface area contributed by atoms with E-state index < -0.39 is 23.7 Å². The number of carboxylic acid groups (broad SMARTS) is 1. The number of hydrogen-bond donors (Lipinski definition) is 3. The highest BCUT2D eigenvalue weighted by molar-refractivity contribution is 9.10. The smallest absolute Gasteiger partial charge is 0.416 e. The van der Waals surface area contributed by atoms with Gasteiger partial charge in [0.15, 0.2) is 0 Å². The second kappa shape index (κ2) is 6.91. The Bertz CT molecular complexity index is 794. The van der Waals surface area contributed by atoms with Crippen LogP contribution in [0.1, 0.15) is 15.9 Å². The van der Waals surface area contributed by atoms with Crippen molar-refractivity contribution in [2.45, 2.75) is 6.18 Å². The number of rotatable bonds is 3. The van der Waals surface area contributed by atoms with Crippen LogP contribution in [-0.4, -0.2) is 17.1 Å². The molecule has 0 aromatic heterocycles. The molecule has 126 valence electrons. The van der Waals surface area contributed by atoms with Crippen molar-refractivity contribution in [2.75, 3.05) is 10.6 Å². The fourth-order valence-corrected chi connectivity index (χ4v) is 2.22. The predicted octanol–water partition coefficient (Wildman–Crippen LogP) is 4.81. The van der Waals surface area contributed by atoms with Gasteiger partial charge in [0.1, 0.15) is 0 Å². The number of hydrogen-bond acceptors (Lipinski definition) is 2.